The van der Waals surface area contributed by atoms with E-state index in [1.165, 1.54) is 0 Å². The maximum Gasteiger partial charge on any atom is 0.252 e. The predicted octanol–water partition coefficient (Wildman–Crippen LogP) is 7.75. The number of hydrogen-bond acceptors (Lipinski definition) is 6. The van der Waals surface area contributed by atoms with Gasteiger partial charge < -0.3 is 30.8 Å². The number of aromatic amines is 2. The summed E-state index contributed by atoms with van der Waals surface area (Å²) in [6.07, 6.45) is 0.733. The molecule has 2 amide bonds. The second kappa shape index (κ2) is 14.2. The molecule has 3 aromatic carbocycles. The molecule has 2 unspecified atom stereocenters. The Balaban J connectivity index is 1.33. The summed E-state index contributed by atoms with van der Waals surface area (Å²) in [5.74, 6) is 0.796. The summed E-state index contributed by atoms with van der Waals surface area (Å²) in [6, 6.07) is 19.6. The lowest BCUT2D eigenvalue weighted by molar-refractivity contribution is -0.141. The van der Waals surface area contributed by atoms with Gasteiger partial charge in [-0.2, -0.15) is 0 Å². The number of nitrogens with one attached hydrogen (secondary N) is 4. The van der Waals surface area contributed by atoms with Gasteiger partial charge in [0.25, 0.3) is 11.8 Å². The monoisotopic (exact) mass is 694 g/mol. The first-order valence-electron chi connectivity index (χ1n) is 17.9. The fourth-order valence-corrected chi connectivity index (χ4v) is 6.79. The van der Waals surface area contributed by atoms with Gasteiger partial charge in [0.15, 0.2) is 0 Å². The highest BCUT2D eigenvalue weighted by Gasteiger charge is 2.37. The SMILES string of the molecule is CC(C)CC(C)(O)C(=O)N[C@@H](C)c1nc2ccc(-c3ccc(-c4ccc5nc([C@@H](NC(=O)C(C)(O)CC(C)C)C(C)(C)C)[nH]c5c4)cc3)cc2[nH]1. The number of fused-ring (bicyclic) bond motifs is 2. The second-order valence-electron chi connectivity index (χ2n) is 16.5. The maximum atomic E-state index is 13.2. The fraction of sp³-hybridized carbons (Fsp3) is 0.463. The van der Waals surface area contributed by atoms with Gasteiger partial charge in [-0.15, -0.1) is 0 Å². The van der Waals surface area contributed by atoms with Crippen molar-refractivity contribution in [3.8, 4) is 22.3 Å². The van der Waals surface area contributed by atoms with Crippen molar-refractivity contribution in [2.75, 3.05) is 0 Å². The number of hydrogen-bond donors (Lipinski definition) is 6. The average molecular weight is 695 g/mol. The highest BCUT2D eigenvalue weighted by Crippen LogP contribution is 2.35. The van der Waals surface area contributed by atoms with Gasteiger partial charge in [-0.1, -0.05) is 84.9 Å². The Kier molecular flexibility index (Phi) is 10.5. The van der Waals surface area contributed by atoms with Crippen LogP contribution >= 0.6 is 0 Å². The van der Waals surface area contributed by atoms with Crippen LogP contribution in [0.25, 0.3) is 44.3 Å². The number of amides is 2. The van der Waals surface area contributed by atoms with Crippen LogP contribution in [0.5, 0.6) is 0 Å². The largest absolute Gasteiger partial charge is 0.380 e. The highest BCUT2D eigenvalue weighted by atomic mass is 16.3. The molecular formula is C41H54N6O4. The van der Waals surface area contributed by atoms with Crippen molar-refractivity contribution in [3.63, 3.8) is 0 Å². The van der Waals surface area contributed by atoms with Crippen LogP contribution in [0.1, 0.15) is 106 Å². The molecule has 5 aromatic rings. The van der Waals surface area contributed by atoms with Gasteiger partial charge >= 0.3 is 0 Å². The van der Waals surface area contributed by atoms with E-state index in [-0.39, 0.29) is 17.3 Å². The zero-order chi connectivity index (χ0) is 37.5. The van der Waals surface area contributed by atoms with Crippen LogP contribution in [0.15, 0.2) is 60.7 Å². The Labute approximate surface area is 300 Å². The standard InChI is InChI=1S/C41H54N6O4/c1-23(2)21-40(9,50)37(48)42-25(5)35-43-30-17-15-28(19-32(30)45-35)26-11-13-27(14-12-26)29-16-18-31-33(20-29)46-36(44-31)34(39(6,7)8)47-38(49)41(10,51)22-24(3)4/h11-20,23-25,34,50-51H,21-22H2,1-10H3,(H,42,48)(H,43,45)(H,44,46)(H,47,49)/t25-,34+,40?,41?/m0/s1. The number of H-pyrrole nitrogens is 2. The molecule has 0 saturated carbocycles. The molecule has 0 saturated heterocycles. The summed E-state index contributed by atoms with van der Waals surface area (Å²) < 4.78 is 0. The highest BCUT2D eigenvalue weighted by molar-refractivity contribution is 5.87. The minimum atomic E-state index is -1.48. The molecule has 4 atom stereocenters. The minimum Gasteiger partial charge on any atom is -0.380 e. The zero-order valence-electron chi connectivity index (χ0n) is 31.6. The van der Waals surface area contributed by atoms with E-state index in [0.29, 0.717) is 24.5 Å². The van der Waals surface area contributed by atoms with E-state index in [1.54, 1.807) is 13.8 Å². The Morgan fingerprint density at radius 3 is 1.45 bits per heavy atom. The smallest absolute Gasteiger partial charge is 0.252 e. The normalized spacial score (nSPS) is 15.9. The lowest BCUT2D eigenvalue weighted by Crippen LogP contribution is -2.49. The first-order chi connectivity index (χ1) is 23.7. The number of aromatic nitrogens is 4. The van der Waals surface area contributed by atoms with Crippen molar-refractivity contribution in [1.29, 1.82) is 0 Å². The Morgan fingerprint density at radius 1 is 0.627 bits per heavy atom. The second-order valence-corrected chi connectivity index (χ2v) is 16.5. The Hall–Kier alpha value is -4.54. The predicted molar refractivity (Wildman–Crippen MR) is 204 cm³/mol. The summed E-state index contributed by atoms with van der Waals surface area (Å²) in [6.45, 7) is 19.0. The molecule has 0 aliphatic rings. The number of aliphatic hydroxyl groups is 2. The molecule has 0 aliphatic heterocycles. The quantitative estimate of drug-likeness (QED) is 0.0785. The van der Waals surface area contributed by atoms with Crippen molar-refractivity contribution in [3.05, 3.63) is 72.3 Å². The number of carbonyl (C=O) groups excluding carboxylic acids is 2. The molecule has 2 heterocycles. The lowest BCUT2D eigenvalue weighted by Gasteiger charge is -2.33. The summed E-state index contributed by atoms with van der Waals surface area (Å²) >= 11 is 0. The Bertz CT molecular complexity index is 2010. The summed E-state index contributed by atoms with van der Waals surface area (Å²) in [5.41, 5.74) is 4.15. The van der Waals surface area contributed by atoms with Crippen molar-refractivity contribution in [2.45, 2.75) is 105 Å². The molecule has 10 heteroatoms. The molecule has 2 aromatic heterocycles. The third kappa shape index (κ3) is 8.68. The molecule has 5 rings (SSSR count). The minimum absolute atomic E-state index is 0.168. The molecule has 0 fully saturated rings. The molecule has 0 aliphatic carbocycles. The van der Waals surface area contributed by atoms with E-state index in [1.807, 2.05) is 79.7 Å². The van der Waals surface area contributed by atoms with E-state index in [9.17, 15) is 19.8 Å². The van der Waals surface area contributed by atoms with E-state index >= 15 is 0 Å². The van der Waals surface area contributed by atoms with Gasteiger partial charge in [0, 0.05) is 0 Å². The van der Waals surface area contributed by atoms with Gasteiger partial charge in [0.1, 0.15) is 22.9 Å². The summed E-state index contributed by atoms with van der Waals surface area (Å²) in [4.78, 5) is 42.3. The first kappa shape index (κ1) is 37.7. The summed E-state index contributed by atoms with van der Waals surface area (Å²) in [7, 11) is 0. The molecule has 6 N–H and O–H groups in total. The van der Waals surface area contributed by atoms with Gasteiger partial charge in [0.05, 0.1) is 34.2 Å². The van der Waals surface area contributed by atoms with Crippen LogP contribution in [-0.4, -0.2) is 53.2 Å². The first-order valence-corrected chi connectivity index (χ1v) is 17.9. The number of imidazole rings is 2. The van der Waals surface area contributed by atoms with E-state index in [2.05, 4.69) is 57.0 Å². The molecule has 51 heavy (non-hydrogen) atoms. The van der Waals surface area contributed by atoms with E-state index in [4.69, 9.17) is 9.97 Å². The third-order valence-electron chi connectivity index (χ3n) is 9.31. The maximum absolute atomic E-state index is 13.2. The van der Waals surface area contributed by atoms with Gasteiger partial charge in [0.2, 0.25) is 0 Å². The third-order valence-corrected chi connectivity index (χ3v) is 9.31. The van der Waals surface area contributed by atoms with E-state index in [0.717, 1.165) is 44.3 Å². The fourth-order valence-electron chi connectivity index (χ4n) is 6.79. The number of benzene rings is 3. The van der Waals surface area contributed by atoms with Crippen LogP contribution in [0, 0.1) is 17.3 Å². The summed E-state index contributed by atoms with van der Waals surface area (Å²) in [5, 5.41) is 27.5. The molecule has 10 nitrogen and oxygen atoms in total. The van der Waals surface area contributed by atoms with Crippen LogP contribution in [0.3, 0.4) is 0 Å². The number of rotatable bonds is 12. The van der Waals surface area contributed by atoms with Crippen molar-refractivity contribution in [2.24, 2.45) is 17.3 Å². The molecule has 0 radical (unpaired) electrons. The topological polar surface area (TPSA) is 156 Å². The van der Waals surface area contributed by atoms with Crippen LogP contribution in [-0.2, 0) is 9.59 Å². The van der Waals surface area contributed by atoms with Gasteiger partial charge in [-0.25, -0.2) is 9.97 Å². The molecule has 0 spiro atoms. The van der Waals surface area contributed by atoms with Gasteiger partial charge in [-0.3, -0.25) is 9.59 Å². The molecule has 272 valence electrons. The van der Waals surface area contributed by atoms with Crippen molar-refractivity contribution in [1.82, 2.24) is 30.6 Å². The van der Waals surface area contributed by atoms with Crippen LogP contribution in [0.2, 0.25) is 0 Å². The lowest BCUT2D eigenvalue weighted by atomic mass is 9.85. The van der Waals surface area contributed by atoms with Crippen molar-refractivity contribution < 1.29 is 19.8 Å². The van der Waals surface area contributed by atoms with Gasteiger partial charge in [-0.05, 0) is 97.4 Å². The molecular weight excluding hydrogens is 640 g/mol. The number of carbonyl (C=O) groups is 2. The van der Waals surface area contributed by atoms with Crippen LogP contribution < -0.4 is 10.6 Å². The van der Waals surface area contributed by atoms with E-state index < -0.39 is 35.1 Å². The van der Waals surface area contributed by atoms with Crippen molar-refractivity contribution >= 4 is 33.9 Å². The number of nitrogens with zero attached hydrogens (tertiary/aromatic N) is 2. The van der Waals surface area contributed by atoms with Crippen LogP contribution in [0.4, 0.5) is 0 Å². The molecule has 0 bridgehead atoms. The Morgan fingerprint density at radius 2 is 1.02 bits per heavy atom. The zero-order valence-corrected chi connectivity index (χ0v) is 31.6. The average Bonchev–Trinajstić information content (AvgIpc) is 3.65.